The summed E-state index contributed by atoms with van der Waals surface area (Å²) in [6.45, 7) is 0. The van der Waals surface area contributed by atoms with Gasteiger partial charge in [0.1, 0.15) is 0 Å². The van der Waals surface area contributed by atoms with Crippen LogP contribution in [-0.4, -0.2) is 9.97 Å². The molecule has 0 saturated carbocycles. The molecule has 0 saturated heterocycles. The lowest BCUT2D eigenvalue weighted by Crippen LogP contribution is -1.76. The van der Waals surface area contributed by atoms with Crippen LogP contribution in [0.25, 0.3) is 33.3 Å². The molecule has 4 rings (SSSR count). The first-order chi connectivity index (χ1) is 7.45. The molecule has 15 heavy (non-hydrogen) atoms. The number of rotatable bonds is 0. The van der Waals surface area contributed by atoms with E-state index in [-0.39, 0.29) is 0 Å². The minimum Gasteiger partial charge on any atom is -0.344 e. The van der Waals surface area contributed by atoms with Gasteiger partial charge < -0.3 is 4.98 Å². The van der Waals surface area contributed by atoms with E-state index >= 15 is 0 Å². The predicted molar refractivity (Wildman–Crippen MR) is 60.5 cm³/mol. The molecule has 0 fully saturated rings. The van der Waals surface area contributed by atoms with E-state index in [1.807, 2.05) is 0 Å². The third kappa shape index (κ3) is 0.734. The number of nitrogens with one attached hydrogen (secondary N) is 1. The summed E-state index contributed by atoms with van der Waals surface area (Å²) in [5.74, 6) is 0. The second kappa shape index (κ2) is 2.28. The first kappa shape index (κ1) is 7.23. The Hall–Kier alpha value is -2.09. The molecule has 70 valence electrons. The number of hydrogen-bond donors (Lipinski definition) is 1. The van der Waals surface area contributed by atoms with Gasteiger partial charge in [0.15, 0.2) is 0 Å². The second-order valence-corrected chi connectivity index (χ2v) is 3.84. The quantitative estimate of drug-likeness (QED) is 0.455. The summed E-state index contributed by atoms with van der Waals surface area (Å²) in [4.78, 5) is 7.59. The van der Waals surface area contributed by atoms with Gasteiger partial charge in [0.2, 0.25) is 0 Å². The molecule has 2 aromatic carbocycles. The van der Waals surface area contributed by atoms with Crippen LogP contribution in [0.1, 0.15) is 0 Å². The van der Waals surface area contributed by atoms with E-state index in [9.17, 15) is 0 Å². The molecule has 0 aliphatic heterocycles. The lowest BCUT2D eigenvalue weighted by molar-refractivity contribution is 1.31. The van der Waals surface area contributed by atoms with Gasteiger partial charge in [0.05, 0.1) is 17.7 Å². The largest absolute Gasteiger partial charge is 0.344 e. The maximum absolute atomic E-state index is 4.38. The van der Waals surface area contributed by atoms with Gasteiger partial charge in [-0.1, -0.05) is 36.4 Å². The Balaban J connectivity index is 2.35. The number of aromatic amines is 1. The first-order valence-corrected chi connectivity index (χ1v) is 5.01. The van der Waals surface area contributed by atoms with Crippen molar-refractivity contribution >= 4 is 10.8 Å². The van der Waals surface area contributed by atoms with Crippen molar-refractivity contribution in [3.05, 3.63) is 42.7 Å². The predicted octanol–water partition coefficient (Wildman–Crippen LogP) is 3.21. The van der Waals surface area contributed by atoms with Crippen LogP contribution in [0.2, 0.25) is 0 Å². The maximum Gasteiger partial charge on any atom is 0.0967 e. The molecule has 0 bridgehead atoms. The van der Waals surface area contributed by atoms with Crippen molar-refractivity contribution in [2.75, 3.05) is 0 Å². The van der Waals surface area contributed by atoms with Crippen LogP contribution in [0.3, 0.4) is 0 Å². The van der Waals surface area contributed by atoms with E-state index in [0.717, 1.165) is 11.4 Å². The smallest absolute Gasteiger partial charge is 0.0967 e. The monoisotopic (exact) mass is 192 g/mol. The first-order valence-electron chi connectivity index (χ1n) is 5.01. The lowest BCUT2D eigenvalue weighted by Gasteiger charge is -2.00. The minimum atomic E-state index is 1.08. The van der Waals surface area contributed by atoms with Crippen LogP contribution in [0, 0.1) is 0 Å². The molecule has 1 aliphatic rings. The summed E-state index contributed by atoms with van der Waals surface area (Å²) < 4.78 is 0. The van der Waals surface area contributed by atoms with Gasteiger partial charge in [0, 0.05) is 16.5 Å². The molecule has 2 heteroatoms. The average Bonchev–Trinajstić information content (AvgIpc) is 2.84. The Kier molecular flexibility index (Phi) is 1.10. The summed E-state index contributed by atoms with van der Waals surface area (Å²) >= 11 is 0. The summed E-state index contributed by atoms with van der Waals surface area (Å²) in [7, 11) is 0. The zero-order chi connectivity index (χ0) is 9.83. The van der Waals surface area contributed by atoms with E-state index in [1.54, 1.807) is 6.33 Å². The van der Waals surface area contributed by atoms with E-state index in [4.69, 9.17) is 0 Å². The Bertz CT molecular complexity index is 627. The molecule has 3 aromatic rings. The molecule has 1 heterocycles. The standard InChI is InChI=1S/C13H8N2/c1-3-8-4-2-6-10-11(8)9(5-1)12-13(10)15-7-14-12/h1-7H,(H,14,15). The summed E-state index contributed by atoms with van der Waals surface area (Å²) in [5.41, 5.74) is 4.76. The molecule has 0 atom stereocenters. The van der Waals surface area contributed by atoms with Crippen molar-refractivity contribution in [1.82, 2.24) is 9.97 Å². The molecule has 0 amide bonds. The van der Waals surface area contributed by atoms with Crippen LogP contribution in [0.4, 0.5) is 0 Å². The van der Waals surface area contributed by atoms with Crippen molar-refractivity contribution in [3.63, 3.8) is 0 Å². The van der Waals surface area contributed by atoms with Crippen LogP contribution >= 0.6 is 0 Å². The second-order valence-electron chi connectivity index (χ2n) is 3.84. The van der Waals surface area contributed by atoms with Gasteiger partial charge in [-0.3, -0.25) is 0 Å². The normalized spacial score (nSPS) is 12.0. The zero-order valence-electron chi connectivity index (χ0n) is 7.99. The molecular weight excluding hydrogens is 184 g/mol. The van der Waals surface area contributed by atoms with Gasteiger partial charge in [0.25, 0.3) is 0 Å². The summed E-state index contributed by atoms with van der Waals surface area (Å²) in [5, 5.41) is 2.62. The van der Waals surface area contributed by atoms with E-state index in [0.29, 0.717) is 0 Å². The Morgan fingerprint density at radius 1 is 0.933 bits per heavy atom. The van der Waals surface area contributed by atoms with Crippen LogP contribution in [0.15, 0.2) is 42.7 Å². The van der Waals surface area contributed by atoms with Gasteiger partial charge in [-0.05, 0) is 5.39 Å². The molecule has 0 unspecified atom stereocenters. The summed E-state index contributed by atoms with van der Waals surface area (Å²) in [6, 6.07) is 12.8. The Morgan fingerprint density at radius 2 is 1.73 bits per heavy atom. The van der Waals surface area contributed by atoms with E-state index in [2.05, 4.69) is 46.4 Å². The molecule has 2 nitrogen and oxygen atoms in total. The molecule has 0 radical (unpaired) electrons. The van der Waals surface area contributed by atoms with Crippen LogP contribution < -0.4 is 0 Å². The third-order valence-electron chi connectivity index (χ3n) is 3.07. The fourth-order valence-corrected chi connectivity index (χ4v) is 2.45. The van der Waals surface area contributed by atoms with Crippen LogP contribution in [0.5, 0.6) is 0 Å². The maximum atomic E-state index is 4.38. The zero-order valence-corrected chi connectivity index (χ0v) is 7.99. The van der Waals surface area contributed by atoms with Crippen molar-refractivity contribution in [2.45, 2.75) is 0 Å². The Morgan fingerprint density at radius 3 is 2.60 bits per heavy atom. The van der Waals surface area contributed by atoms with Crippen molar-refractivity contribution in [2.24, 2.45) is 0 Å². The highest BCUT2D eigenvalue weighted by atomic mass is 14.9. The van der Waals surface area contributed by atoms with Gasteiger partial charge in [-0.15, -0.1) is 0 Å². The van der Waals surface area contributed by atoms with Gasteiger partial charge in [-0.2, -0.15) is 0 Å². The topological polar surface area (TPSA) is 28.7 Å². The van der Waals surface area contributed by atoms with Crippen LogP contribution in [-0.2, 0) is 0 Å². The number of nitrogens with zero attached hydrogens (tertiary/aromatic N) is 1. The average molecular weight is 192 g/mol. The minimum absolute atomic E-state index is 1.08. The molecule has 1 N–H and O–H groups in total. The SMILES string of the molecule is c1cc2c3c(cccc3c1)-c1[nH]cnc1-2. The van der Waals surface area contributed by atoms with Gasteiger partial charge in [-0.25, -0.2) is 4.98 Å². The highest BCUT2D eigenvalue weighted by Crippen LogP contribution is 2.44. The van der Waals surface area contributed by atoms with E-state index < -0.39 is 0 Å². The van der Waals surface area contributed by atoms with E-state index in [1.165, 1.54) is 21.9 Å². The highest BCUT2D eigenvalue weighted by molar-refractivity contribution is 6.13. The van der Waals surface area contributed by atoms with Gasteiger partial charge >= 0.3 is 0 Å². The number of benzene rings is 2. The number of fused-ring (bicyclic) bond motifs is 3. The number of hydrogen-bond acceptors (Lipinski definition) is 1. The number of imidazole rings is 1. The van der Waals surface area contributed by atoms with Crippen molar-refractivity contribution < 1.29 is 0 Å². The lowest BCUT2D eigenvalue weighted by atomic mass is 10.0. The third-order valence-corrected chi connectivity index (χ3v) is 3.07. The highest BCUT2D eigenvalue weighted by Gasteiger charge is 2.22. The summed E-state index contributed by atoms with van der Waals surface area (Å²) in [6.07, 6.45) is 1.76. The fraction of sp³-hybridized carbons (Fsp3) is 0. The molecule has 1 aromatic heterocycles. The fourth-order valence-electron chi connectivity index (χ4n) is 2.45. The Labute approximate surface area is 86.6 Å². The number of H-pyrrole nitrogens is 1. The molecule has 1 aliphatic carbocycles. The van der Waals surface area contributed by atoms with Crippen molar-refractivity contribution in [1.29, 1.82) is 0 Å². The van der Waals surface area contributed by atoms with Crippen molar-refractivity contribution in [3.8, 4) is 22.5 Å². The molecular formula is C13H8N2. The number of aromatic nitrogens is 2. The molecule has 0 spiro atoms.